The lowest BCUT2D eigenvalue weighted by atomic mass is 9.93. The molecule has 0 radical (unpaired) electrons. The molecule has 1 aliphatic rings. The van der Waals surface area contributed by atoms with Crippen molar-refractivity contribution >= 4 is 17.3 Å². The molecule has 1 aromatic heterocycles. The van der Waals surface area contributed by atoms with Crippen molar-refractivity contribution in [1.82, 2.24) is 4.98 Å². The van der Waals surface area contributed by atoms with Gasteiger partial charge in [-0.15, -0.1) is 0 Å². The van der Waals surface area contributed by atoms with Gasteiger partial charge in [0.2, 0.25) is 0 Å². The molecule has 0 aliphatic carbocycles. The van der Waals surface area contributed by atoms with E-state index in [4.69, 9.17) is 16.3 Å². The molecule has 3 nitrogen and oxygen atoms in total. The Morgan fingerprint density at radius 1 is 1.37 bits per heavy atom. The molecule has 0 amide bonds. The summed E-state index contributed by atoms with van der Waals surface area (Å²) in [4.78, 5) is 4.10. The average molecular weight is 275 g/mol. The van der Waals surface area contributed by atoms with Crippen LogP contribution in [-0.2, 0) is 0 Å². The number of ether oxygens (including phenoxy) is 1. The molecule has 4 heteroatoms. The zero-order valence-electron chi connectivity index (χ0n) is 10.5. The Labute approximate surface area is 117 Å². The van der Waals surface area contributed by atoms with E-state index in [-0.39, 0.29) is 0 Å². The zero-order valence-corrected chi connectivity index (χ0v) is 11.2. The highest BCUT2D eigenvalue weighted by Crippen LogP contribution is 2.35. The number of rotatable bonds is 3. The van der Waals surface area contributed by atoms with Crippen LogP contribution in [-0.4, -0.2) is 18.1 Å². The molecule has 1 N–H and O–H groups in total. The summed E-state index contributed by atoms with van der Waals surface area (Å²) in [6, 6.07) is 9.83. The number of hydrogen-bond donors (Lipinski definition) is 1. The predicted molar refractivity (Wildman–Crippen MR) is 77.0 cm³/mol. The van der Waals surface area contributed by atoms with Crippen molar-refractivity contribution < 1.29 is 4.74 Å². The predicted octanol–water partition coefficient (Wildman–Crippen LogP) is 3.71. The molecule has 1 aromatic carbocycles. The molecule has 0 saturated heterocycles. The molecule has 0 spiro atoms. The van der Waals surface area contributed by atoms with E-state index in [9.17, 15) is 0 Å². The molecule has 98 valence electrons. The maximum atomic E-state index is 5.99. The summed E-state index contributed by atoms with van der Waals surface area (Å²) in [5.74, 6) is 1.36. The molecular weight excluding hydrogens is 260 g/mol. The summed E-state index contributed by atoms with van der Waals surface area (Å²) in [6.45, 7) is 1.62. The van der Waals surface area contributed by atoms with E-state index in [0.717, 1.165) is 36.0 Å². The van der Waals surface area contributed by atoms with Crippen LogP contribution in [0.4, 0.5) is 5.69 Å². The molecule has 3 rings (SSSR count). The van der Waals surface area contributed by atoms with Gasteiger partial charge in [-0.3, -0.25) is 4.98 Å². The Balaban J connectivity index is 1.73. The van der Waals surface area contributed by atoms with Gasteiger partial charge in [-0.1, -0.05) is 17.7 Å². The molecule has 0 fully saturated rings. The van der Waals surface area contributed by atoms with Crippen LogP contribution in [0.15, 0.2) is 42.7 Å². The molecular formula is C15H15ClN2O. The van der Waals surface area contributed by atoms with Gasteiger partial charge in [-0.05, 0) is 36.2 Å². The Bertz CT molecular complexity index is 559. The molecule has 19 heavy (non-hydrogen) atoms. The van der Waals surface area contributed by atoms with Crippen molar-refractivity contribution in [2.75, 3.05) is 18.5 Å². The van der Waals surface area contributed by atoms with Gasteiger partial charge in [-0.2, -0.15) is 0 Å². The van der Waals surface area contributed by atoms with Gasteiger partial charge in [0.05, 0.1) is 12.3 Å². The summed E-state index contributed by atoms with van der Waals surface area (Å²) in [5, 5.41) is 4.14. The highest BCUT2D eigenvalue weighted by molar-refractivity contribution is 6.30. The van der Waals surface area contributed by atoms with Gasteiger partial charge < -0.3 is 10.1 Å². The molecule has 1 unspecified atom stereocenters. The second-order valence-corrected chi connectivity index (χ2v) is 5.08. The summed E-state index contributed by atoms with van der Waals surface area (Å²) in [5.41, 5.74) is 2.27. The first-order valence-electron chi connectivity index (χ1n) is 6.39. The number of anilines is 1. The topological polar surface area (TPSA) is 34.1 Å². The van der Waals surface area contributed by atoms with Crippen LogP contribution in [0.1, 0.15) is 17.9 Å². The summed E-state index contributed by atoms with van der Waals surface area (Å²) in [6.07, 6.45) is 4.63. The smallest absolute Gasteiger partial charge is 0.124 e. The minimum atomic E-state index is 0.446. The Hall–Kier alpha value is -1.74. The third-order valence-electron chi connectivity index (χ3n) is 3.35. The number of nitrogens with zero attached hydrogens (tertiary/aromatic N) is 1. The van der Waals surface area contributed by atoms with Crippen LogP contribution < -0.4 is 10.1 Å². The molecule has 2 heterocycles. The van der Waals surface area contributed by atoms with E-state index in [1.807, 2.05) is 30.5 Å². The lowest BCUT2D eigenvalue weighted by Crippen LogP contribution is -2.20. The molecule has 2 aromatic rings. The number of nitrogens with one attached hydrogen (secondary N) is 1. The largest absolute Gasteiger partial charge is 0.493 e. The maximum absolute atomic E-state index is 5.99. The van der Waals surface area contributed by atoms with Crippen molar-refractivity contribution in [2.24, 2.45) is 0 Å². The standard InChI is InChI=1S/C15H15ClN2O/c16-12-3-4-14-11(5-7-19-15(14)8-12)9-18-13-2-1-6-17-10-13/h1-4,6,8,10-11,18H,5,7,9H2. The van der Waals surface area contributed by atoms with E-state index in [2.05, 4.69) is 16.4 Å². The normalized spacial score (nSPS) is 17.4. The highest BCUT2D eigenvalue weighted by atomic mass is 35.5. The van der Waals surface area contributed by atoms with Crippen LogP contribution in [0.5, 0.6) is 5.75 Å². The minimum absolute atomic E-state index is 0.446. The van der Waals surface area contributed by atoms with Crippen molar-refractivity contribution in [1.29, 1.82) is 0 Å². The van der Waals surface area contributed by atoms with E-state index in [1.54, 1.807) is 6.20 Å². The van der Waals surface area contributed by atoms with Crippen molar-refractivity contribution in [2.45, 2.75) is 12.3 Å². The second-order valence-electron chi connectivity index (χ2n) is 4.64. The lowest BCUT2D eigenvalue weighted by molar-refractivity contribution is 0.270. The molecule has 1 aliphatic heterocycles. The first-order valence-corrected chi connectivity index (χ1v) is 6.77. The SMILES string of the molecule is Clc1ccc2c(c1)OCCC2CNc1cccnc1. The van der Waals surface area contributed by atoms with Crippen molar-refractivity contribution in [3.05, 3.63) is 53.3 Å². The second kappa shape index (κ2) is 5.49. The van der Waals surface area contributed by atoms with E-state index in [1.165, 1.54) is 5.56 Å². The fraction of sp³-hybridized carbons (Fsp3) is 0.267. The number of halogens is 1. The highest BCUT2D eigenvalue weighted by Gasteiger charge is 2.21. The van der Waals surface area contributed by atoms with E-state index in [0.29, 0.717) is 5.92 Å². The fourth-order valence-corrected chi connectivity index (χ4v) is 2.52. The fourth-order valence-electron chi connectivity index (χ4n) is 2.36. The monoisotopic (exact) mass is 274 g/mol. The number of fused-ring (bicyclic) bond motifs is 1. The van der Waals surface area contributed by atoms with Gasteiger partial charge in [-0.25, -0.2) is 0 Å². The lowest BCUT2D eigenvalue weighted by Gasteiger charge is -2.26. The van der Waals surface area contributed by atoms with Gasteiger partial charge in [0, 0.05) is 29.9 Å². The first kappa shape index (κ1) is 12.3. The van der Waals surface area contributed by atoms with E-state index < -0.39 is 0 Å². The van der Waals surface area contributed by atoms with Gasteiger partial charge in [0.1, 0.15) is 5.75 Å². The van der Waals surface area contributed by atoms with Crippen LogP contribution >= 0.6 is 11.6 Å². The number of benzene rings is 1. The van der Waals surface area contributed by atoms with Crippen LogP contribution in [0.3, 0.4) is 0 Å². The Morgan fingerprint density at radius 3 is 3.16 bits per heavy atom. The summed E-state index contributed by atoms with van der Waals surface area (Å²) >= 11 is 5.99. The molecule has 0 bridgehead atoms. The zero-order chi connectivity index (χ0) is 13.1. The van der Waals surface area contributed by atoms with E-state index >= 15 is 0 Å². The van der Waals surface area contributed by atoms with Crippen LogP contribution in [0.25, 0.3) is 0 Å². The van der Waals surface area contributed by atoms with Crippen molar-refractivity contribution in [3.63, 3.8) is 0 Å². The van der Waals surface area contributed by atoms with Gasteiger partial charge in [0.25, 0.3) is 0 Å². The third-order valence-corrected chi connectivity index (χ3v) is 3.59. The van der Waals surface area contributed by atoms with Gasteiger partial charge >= 0.3 is 0 Å². The van der Waals surface area contributed by atoms with Gasteiger partial charge in [0.15, 0.2) is 0 Å². The first-order chi connectivity index (χ1) is 9.33. The number of hydrogen-bond acceptors (Lipinski definition) is 3. The average Bonchev–Trinajstić information content (AvgIpc) is 2.45. The number of aromatic nitrogens is 1. The summed E-state index contributed by atoms with van der Waals surface area (Å²) < 4.78 is 5.66. The Kier molecular flexibility index (Phi) is 3.56. The Morgan fingerprint density at radius 2 is 2.32 bits per heavy atom. The minimum Gasteiger partial charge on any atom is -0.493 e. The van der Waals surface area contributed by atoms with Crippen LogP contribution in [0, 0.1) is 0 Å². The maximum Gasteiger partial charge on any atom is 0.124 e. The molecule has 1 atom stereocenters. The third kappa shape index (κ3) is 2.82. The number of pyridine rings is 1. The van der Waals surface area contributed by atoms with Crippen LogP contribution in [0.2, 0.25) is 5.02 Å². The quantitative estimate of drug-likeness (QED) is 0.926. The summed E-state index contributed by atoms with van der Waals surface area (Å²) in [7, 11) is 0. The molecule has 0 saturated carbocycles. The van der Waals surface area contributed by atoms with Crippen molar-refractivity contribution in [3.8, 4) is 5.75 Å².